The van der Waals surface area contributed by atoms with Crippen LogP contribution < -0.4 is 29.4 Å². The minimum atomic E-state index is -0.0568. The second-order valence-corrected chi connectivity index (χ2v) is 33.0. The van der Waals surface area contributed by atoms with Gasteiger partial charge in [-0.1, -0.05) is 361 Å². The summed E-state index contributed by atoms with van der Waals surface area (Å²) in [5.41, 5.74) is 34.0. The predicted octanol–water partition coefficient (Wildman–Crippen LogP) is 36.5. The Balaban J connectivity index is 0.000000122. The van der Waals surface area contributed by atoms with Crippen LogP contribution >= 0.6 is 0 Å². The van der Waals surface area contributed by atoms with Gasteiger partial charge < -0.3 is 29.4 Å². The summed E-state index contributed by atoms with van der Waals surface area (Å²) < 4.78 is 0. The highest BCUT2D eigenvalue weighted by Gasteiger charge is 2.36. The Morgan fingerprint density at radius 3 is 0.609 bits per heavy atom. The summed E-state index contributed by atoms with van der Waals surface area (Å²) in [4.78, 5) is 13.7. The van der Waals surface area contributed by atoms with E-state index in [1.165, 1.54) is 55.4 Å². The minimum absolute atomic E-state index is 0.0568. The van der Waals surface area contributed by atoms with Gasteiger partial charge in [-0.25, -0.2) is 0 Å². The van der Waals surface area contributed by atoms with Crippen LogP contribution in [0.25, 0.3) is 52.3 Å². The molecule has 6 heteroatoms. The van der Waals surface area contributed by atoms with Gasteiger partial charge in [-0.2, -0.15) is 0 Å². The van der Waals surface area contributed by atoms with Gasteiger partial charge in [0.05, 0.1) is 0 Å². The van der Waals surface area contributed by atoms with Crippen molar-refractivity contribution in [3.63, 3.8) is 0 Å². The van der Waals surface area contributed by atoms with E-state index in [2.05, 4.69) is 545 Å². The molecule has 0 N–H and O–H groups in total. The molecule has 0 aromatic heterocycles. The van der Waals surface area contributed by atoms with Crippen LogP contribution in [0.5, 0.6) is 0 Å². The van der Waals surface area contributed by atoms with Gasteiger partial charge in [-0.15, -0.1) is 0 Å². The van der Waals surface area contributed by atoms with Gasteiger partial charge in [0.2, 0.25) is 0 Å². The van der Waals surface area contributed by atoms with E-state index < -0.39 is 0 Å². The molecule has 1 aliphatic rings. The molecule has 0 fully saturated rings. The van der Waals surface area contributed by atoms with Gasteiger partial charge in [-0.05, 0) is 293 Å². The van der Waals surface area contributed by atoms with E-state index in [1.54, 1.807) is 0 Å². The lowest BCUT2D eigenvalue weighted by molar-refractivity contribution is 0.660. The zero-order valence-corrected chi connectivity index (χ0v) is 75.9. The molecule has 0 bridgehead atoms. The van der Waals surface area contributed by atoms with Crippen molar-refractivity contribution in [3.05, 3.63) is 574 Å². The number of rotatable bonds is 23. The average Bonchev–Trinajstić information content (AvgIpc) is 1.56. The topological polar surface area (TPSA) is 19.4 Å². The summed E-state index contributed by atoms with van der Waals surface area (Å²) in [5.74, 6) is 0. The van der Waals surface area contributed by atoms with Gasteiger partial charge in [0.1, 0.15) is 0 Å². The number of nitrogens with zero attached hydrogens (tertiary/aromatic N) is 6. The summed E-state index contributed by atoms with van der Waals surface area (Å²) in [6.45, 7) is 28.2. The second-order valence-electron chi connectivity index (χ2n) is 33.0. The Morgan fingerprint density at radius 1 is 0.165 bits per heavy atom. The first-order valence-corrected chi connectivity index (χ1v) is 45.1. The van der Waals surface area contributed by atoms with Gasteiger partial charge in [0.25, 0.3) is 0 Å². The molecule has 0 unspecified atom stereocenters. The number of fused-ring (bicyclic) bond motifs is 4. The first kappa shape index (κ1) is 89.3. The molecule has 6 nitrogen and oxygen atoms in total. The number of hydrogen-bond acceptors (Lipinski definition) is 6. The van der Waals surface area contributed by atoms with E-state index in [0.717, 1.165) is 119 Å². The monoisotopic (exact) mass is 1720 g/mol. The molecule has 0 saturated carbocycles. The lowest BCUT2D eigenvalue weighted by atomic mass is 9.82. The Hall–Kier alpha value is -17.1. The van der Waals surface area contributed by atoms with Crippen LogP contribution in [0.3, 0.4) is 0 Å². The third-order valence-electron chi connectivity index (χ3n) is 23.8. The van der Waals surface area contributed by atoms with Crippen molar-refractivity contribution in [1.29, 1.82) is 0 Å². The van der Waals surface area contributed by atoms with Crippen molar-refractivity contribution in [3.8, 4) is 11.1 Å². The fourth-order valence-corrected chi connectivity index (χ4v) is 16.8. The van der Waals surface area contributed by atoms with Crippen LogP contribution in [-0.4, -0.2) is 0 Å². The van der Waals surface area contributed by atoms with Crippen molar-refractivity contribution in [2.24, 2.45) is 0 Å². The fourth-order valence-electron chi connectivity index (χ4n) is 16.8. The Kier molecular flexibility index (Phi) is 29.0. The van der Waals surface area contributed by atoms with Gasteiger partial charge in [0.15, 0.2) is 0 Å². The Labute approximate surface area is 786 Å². The van der Waals surface area contributed by atoms with Crippen molar-refractivity contribution < 1.29 is 0 Å². The molecule has 646 valence electrons. The van der Waals surface area contributed by atoms with Crippen LogP contribution in [-0.2, 0) is 5.41 Å². The average molecular weight is 1720 g/mol. The maximum Gasteiger partial charge on any atom is 0.0468 e. The van der Waals surface area contributed by atoms with E-state index >= 15 is 0 Å². The molecule has 0 heterocycles. The normalized spacial score (nSPS) is 11.1. The highest BCUT2D eigenvalue weighted by atomic mass is 15.2. The molecular weight excluding hydrogens is 1610 g/mol. The smallest absolute Gasteiger partial charge is 0.0468 e. The molecule has 20 rings (SSSR count). The van der Waals surface area contributed by atoms with Crippen LogP contribution in [0.2, 0.25) is 0 Å². The molecule has 0 aliphatic heterocycles. The SMILES string of the molecule is C=Cc1ccc(N(c2ccc(C)cc2)c2ccc(C)cc2)cc1.C=Cc1ccc(N(c2ccccc2)c2ccc(N(c3ccccc3)c3ccccc3)cc2)cc1.C=Cc1ccc(N(c2ccccc2)c2ccc3ccccc3c2)cc1.C=Cc1ccc(N(c2ccccc2)c2ccccc2)cc1.C=Cc1ccc2c(c1)C(C)(C)c1cc(N(c3ccccc3)c3ccccc3)ccc1-2. The Morgan fingerprint density at radius 2 is 0.346 bits per heavy atom. The lowest BCUT2D eigenvalue weighted by Crippen LogP contribution is -2.16. The van der Waals surface area contributed by atoms with Crippen molar-refractivity contribution in [2.75, 3.05) is 29.4 Å². The minimum Gasteiger partial charge on any atom is -0.311 e. The van der Waals surface area contributed by atoms with E-state index in [1.807, 2.05) is 66.8 Å². The third-order valence-corrected chi connectivity index (χ3v) is 23.8. The number of para-hydroxylation sites is 8. The molecule has 19 aromatic carbocycles. The van der Waals surface area contributed by atoms with Crippen molar-refractivity contribution >= 4 is 144 Å². The van der Waals surface area contributed by atoms with Crippen LogP contribution in [0.1, 0.15) is 63.9 Å². The highest BCUT2D eigenvalue weighted by Crippen LogP contribution is 2.52. The fraction of sp³-hybridized carbons (Fsp3) is 0.0394. The summed E-state index contributed by atoms with van der Waals surface area (Å²) in [7, 11) is 0. The maximum absolute atomic E-state index is 3.95. The molecule has 0 saturated heterocycles. The quantitative estimate of drug-likeness (QED) is 0.0631. The molecule has 0 atom stereocenters. The van der Waals surface area contributed by atoms with Gasteiger partial charge in [-0.3, -0.25) is 0 Å². The second kappa shape index (κ2) is 43.2. The van der Waals surface area contributed by atoms with Crippen LogP contribution in [0, 0.1) is 13.8 Å². The molecule has 0 amide bonds. The molecular formula is C127H108N6. The summed E-state index contributed by atoms with van der Waals surface area (Å²) in [6, 6.07) is 172. The third kappa shape index (κ3) is 21.5. The number of benzene rings is 19. The molecule has 0 radical (unpaired) electrons. The number of hydrogen-bond donors (Lipinski definition) is 0. The highest BCUT2D eigenvalue weighted by molar-refractivity contribution is 5.91. The van der Waals surface area contributed by atoms with E-state index in [0.29, 0.717) is 0 Å². The first-order chi connectivity index (χ1) is 65.3. The molecule has 133 heavy (non-hydrogen) atoms. The first-order valence-electron chi connectivity index (χ1n) is 45.1. The van der Waals surface area contributed by atoms with Crippen molar-refractivity contribution in [1.82, 2.24) is 0 Å². The zero-order valence-electron chi connectivity index (χ0n) is 75.9. The molecule has 0 spiro atoms. The lowest BCUT2D eigenvalue weighted by Gasteiger charge is -2.28. The summed E-state index contributed by atoms with van der Waals surface area (Å²) >= 11 is 0. The summed E-state index contributed by atoms with van der Waals surface area (Å²) in [6.07, 6.45) is 9.39. The van der Waals surface area contributed by atoms with E-state index in [-0.39, 0.29) is 5.41 Å². The zero-order chi connectivity index (χ0) is 91.7. The largest absolute Gasteiger partial charge is 0.311 e. The number of anilines is 18. The predicted molar refractivity (Wildman–Crippen MR) is 575 cm³/mol. The van der Waals surface area contributed by atoms with Crippen LogP contribution in [0.4, 0.5) is 102 Å². The summed E-state index contributed by atoms with van der Waals surface area (Å²) in [5, 5.41) is 2.49. The maximum atomic E-state index is 3.95. The Bertz CT molecular complexity index is 6840. The van der Waals surface area contributed by atoms with Gasteiger partial charge in [0, 0.05) is 108 Å². The molecule has 1 aliphatic carbocycles. The van der Waals surface area contributed by atoms with Gasteiger partial charge >= 0.3 is 0 Å². The molecule has 19 aromatic rings. The van der Waals surface area contributed by atoms with Crippen molar-refractivity contribution in [2.45, 2.75) is 33.1 Å². The number of aryl methyl sites for hydroxylation is 2. The van der Waals surface area contributed by atoms with E-state index in [4.69, 9.17) is 0 Å². The standard InChI is InChI=1S/C32H26N2.C29H25N.C24H19N.C22H21N.C20H17N/c1-2-26-18-20-30(21-19-26)34(29-16-10-5-11-17-29)32-24-22-31(23-25-32)33(27-12-6-3-7-13-27)28-14-8-4-9-15-28;1-4-21-15-17-25-26-18-16-24(20-28(26)29(2,3)27(25)19-21)30(22-11-7-5-8-12-22)23-13-9-6-10-14-23;1-2-19-12-15-23(16-13-19)25(22-10-4-3-5-11-22)24-17-14-20-8-6-7-9-21(20)18-24;1-4-19-9-15-22(16-10-19)23(20-11-5-17(2)6-12-20)21-13-7-18(3)8-14-21;1-2-17-13-15-20(16-14-17)21(18-9-5-3-6-10-18)19-11-7-4-8-12-19/h2-25H,1H2;4-20H,1H2,2-3H3;2-18H,1H2;4-16H,1H2,2-3H3;2-16H,1H2. The van der Waals surface area contributed by atoms with E-state index in [9.17, 15) is 0 Å². The van der Waals surface area contributed by atoms with Crippen LogP contribution in [0.15, 0.2) is 524 Å².